The molecule has 4 unspecified atom stereocenters. The van der Waals surface area contributed by atoms with Crippen molar-refractivity contribution in [3.05, 3.63) is 71.8 Å². The number of benzene rings is 2. The molecule has 6 heteroatoms. The van der Waals surface area contributed by atoms with E-state index in [4.69, 9.17) is 9.47 Å². The van der Waals surface area contributed by atoms with Gasteiger partial charge >= 0.3 is 11.9 Å². The van der Waals surface area contributed by atoms with E-state index in [0.717, 1.165) is 51.4 Å². The van der Waals surface area contributed by atoms with Crippen molar-refractivity contribution in [2.45, 2.75) is 76.0 Å². The predicted octanol–water partition coefficient (Wildman–Crippen LogP) is 6.12. The highest BCUT2D eigenvalue weighted by molar-refractivity contribution is 7.84. The van der Waals surface area contributed by atoms with Crippen LogP contribution in [0.3, 0.4) is 0 Å². The van der Waals surface area contributed by atoms with Gasteiger partial charge in [-0.05, 0) is 49.7 Å². The molecule has 4 rings (SSSR count). The smallest absolute Gasteiger partial charge is 0.309 e. The van der Waals surface area contributed by atoms with Gasteiger partial charge in [0.2, 0.25) is 0 Å². The molecule has 2 aromatic carbocycles. The zero-order valence-electron chi connectivity index (χ0n) is 22.9. The molecule has 2 saturated heterocycles. The van der Waals surface area contributed by atoms with Crippen LogP contribution in [0.5, 0.6) is 0 Å². The van der Waals surface area contributed by atoms with Crippen molar-refractivity contribution in [2.75, 3.05) is 24.7 Å². The van der Waals surface area contributed by atoms with Gasteiger partial charge in [0.15, 0.2) is 0 Å². The Labute approximate surface area is 230 Å². The lowest BCUT2D eigenvalue weighted by molar-refractivity contribution is -0.144. The Kier molecular flexibility index (Phi) is 9.80. The standard InChI is InChI=1S/C32H42O5S/c1-31(25-13-5-3-6-14-25,27-17-21-36-29(27)33)19-9-11-23-38(35)24-12-10-20-32(2,26-15-7-4-8-16-26)28-18-22-37-30(28)34/h3-8,13-16,27-28H,9-12,17-24H2,1-2H3. The summed E-state index contributed by atoms with van der Waals surface area (Å²) in [5.41, 5.74) is 1.83. The number of ether oxygens (including phenoxy) is 2. The quantitative estimate of drug-likeness (QED) is 0.214. The van der Waals surface area contributed by atoms with Crippen LogP contribution >= 0.6 is 0 Å². The van der Waals surface area contributed by atoms with E-state index in [9.17, 15) is 13.8 Å². The van der Waals surface area contributed by atoms with Gasteiger partial charge in [-0.15, -0.1) is 0 Å². The highest BCUT2D eigenvalue weighted by Crippen LogP contribution is 2.43. The second-order valence-electron chi connectivity index (χ2n) is 11.3. The van der Waals surface area contributed by atoms with Crippen LogP contribution in [0.15, 0.2) is 60.7 Å². The fraction of sp³-hybridized carbons (Fsp3) is 0.562. The van der Waals surface area contributed by atoms with Gasteiger partial charge < -0.3 is 9.47 Å². The molecule has 2 heterocycles. The number of hydrogen-bond acceptors (Lipinski definition) is 5. The summed E-state index contributed by atoms with van der Waals surface area (Å²) in [4.78, 5) is 24.9. The van der Waals surface area contributed by atoms with Gasteiger partial charge in [0.1, 0.15) is 0 Å². The number of hydrogen-bond donors (Lipinski definition) is 0. The Hall–Kier alpha value is -2.47. The van der Waals surface area contributed by atoms with E-state index in [1.54, 1.807) is 0 Å². The number of carbonyl (C=O) groups is 2. The van der Waals surface area contributed by atoms with Crippen LogP contribution in [-0.4, -0.2) is 40.9 Å². The molecule has 0 amide bonds. The van der Waals surface area contributed by atoms with Crippen LogP contribution in [0.2, 0.25) is 0 Å². The van der Waals surface area contributed by atoms with E-state index in [0.29, 0.717) is 24.7 Å². The van der Waals surface area contributed by atoms with E-state index in [1.165, 1.54) is 11.1 Å². The van der Waals surface area contributed by atoms with Gasteiger partial charge in [-0.3, -0.25) is 13.8 Å². The molecule has 0 radical (unpaired) electrons. The first kappa shape index (κ1) is 28.5. The monoisotopic (exact) mass is 538 g/mol. The lowest BCUT2D eigenvalue weighted by Gasteiger charge is -2.34. The number of rotatable bonds is 14. The normalized spacial score (nSPS) is 23.3. The molecule has 5 nitrogen and oxygen atoms in total. The van der Waals surface area contributed by atoms with E-state index >= 15 is 0 Å². The molecule has 2 aliphatic heterocycles. The minimum absolute atomic E-state index is 0.0895. The second-order valence-corrected chi connectivity index (χ2v) is 13.0. The topological polar surface area (TPSA) is 69.7 Å². The zero-order valence-corrected chi connectivity index (χ0v) is 23.7. The largest absolute Gasteiger partial charge is 0.465 e. The van der Waals surface area contributed by atoms with Crippen molar-refractivity contribution < 1.29 is 23.3 Å². The SMILES string of the molecule is CC(CCCCS(=O)CCCCC(C)(c1ccccc1)C1CCOC1=O)(c1ccccc1)C1CCOC1=O. The van der Waals surface area contributed by atoms with Crippen molar-refractivity contribution in [3.8, 4) is 0 Å². The maximum absolute atomic E-state index is 12.8. The molecular formula is C32H42O5S. The van der Waals surface area contributed by atoms with E-state index in [-0.39, 0.29) is 34.6 Å². The Bertz CT molecular complexity index is 1000. The van der Waals surface area contributed by atoms with Gasteiger partial charge in [-0.2, -0.15) is 0 Å². The molecular weight excluding hydrogens is 496 g/mol. The Morgan fingerprint density at radius 3 is 1.42 bits per heavy atom. The third kappa shape index (κ3) is 6.56. The third-order valence-corrected chi connectivity index (χ3v) is 10.4. The molecule has 0 N–H and O–H groups in total. The highest BCUT2D eigenvalue weighted by atomic mass is 32.2. The van der Waals surface area contributed by atoms with Crippen LogP contribution in [0.1, 0.15) is 76.3 Å². The van der Waals surface area contributed by atoms with Gasteiger partial charge in [-0.25, -0.2) is 0 Å². The van der Waals surface area contributed by atoms with Gasteiger partial charge in [0, 0.05) is 33.1 Å². The number of unbranched alkanes of at least 4 members (excludes halogenated alkanes) is 2. The molecule has 0 aromatic heterocycles. The summed E-state index contributed by atoms with van der Waals surface area (Å²) in [7, 11) is -0.867. The summed E-state index contributed by atoms with van der Waals surface area (Å²) in [6.45, 7) is 5.36. The van der Waals surface area contributed by atoms with Crippen molar-refractivity contribution in [1.82, 2.24) is 0 Å². The summed E-state index contributed by atoms with van der Waals surface area (Å²) < 4.78 is 23.4. The summed E-state index contributed by atoms with van der Waals surface area (Å²) in [5.74, 6) is 0.954. The molecule has 38 heavy (non-hydrogen) atoms. The summed E-state index contributed by atoms with van der Waals surface area (Å²) in [5, 5.41) is 0. The molecule has 2 aliphatic rings. The summed E-state index contributed by atoms with van der Waals surface area (Å²) >= 11 is 0. The van der Waals surface area contributed by atoms with Crippen LogP contribution < -0.4 is 0 Å². The van der Waals surface area contributed by atoms with E-state index in [1.807, 2.05) is 36.4 Å². The summed E-state index contributed by atoms with van der Waals surface area (Å²) in [6.07, 6.45) is 6.89. The molecule has 206 valence electrons. The first-order valence-corrected chi connectivity index (χ1v) is 15.6. The predicted molar refractivity (Wildman–Crippen MR) is 151 cm³/mol. The van der Waals surface area contributed by atoms with Crippen molar-refractivity contribution >= 4 is 22.7 Å². The lowest BCUT2D eigenvalue weighted by atomic mass is 9.68. The lowest BCUT2D eigenvalue weighted by Crippen LogP contribution is -2.35. The zero-order chi connectivity index (χ0) is 27.0. The molecule has 0 spiro atoms. The third-order valence-electron chi connectivity index (χ3n) is 8.91. The van der Waals surface area contributed by atoms with Crippen LogP contribution in [0.25, 0.3) is 0 Å². The molecule has 4 atom stereocenters. The first-order chi connectivity index (χ1) is 18.3. The van der Waals surface area contributed by atoms with E-state index in [2.05, 4.69) is 38.1 Å². The van der Waals surface area contributed by atoms with Crippen molar-refractivity contribution in [2.24, 2.45) is 11.8 Å². The van der Waals surface area contributed by atoms with E-state index < -0.39 is 10.8 Å². The average molecular weight is 539 g/mol. The molecule has 0 aliphatic carbocycles. The molecule has 2 aromatic rings. The Morgan fingerprint density at radius 1 is 0.684 bits per heavy atom. The second kappa shape index (κ2) is 13.1. The van der Waals surface area contributed by atoms with Crippen LogP contribution in [-0.2, 0) is 40.7 Å². The van der Waals surface area contributed by atoms with Crippen molar-refractivity contribution in [3.63, 3.8) is 0 Å². The fourth-order valence-electron chi connectivity index (χ4n) is 6.44. The maximum atomic E-state index is 12.8. The fourth-order valence-corrected chi connectivity index (χ4v) is 7.70. The van der Waals surface area contributed by atoms with Gasteiger partial charge in [0.05, 0.1) is 25.0 Å². The number of esters is 2. The highest BCUT2D eigenvalue weighted by Gasteiger charge is 2.44. The number of cyclic esters (lactones) is 2. The number of carbonyl (C=O) groups excluding carboxylic acids is 2. The Morgan fingerprint density at radius 2 is 1.08 bits per heavy atom. The minimum atomic E-state index is -0.867. The average Bonchev–Trinajstić information content (AvgIpc) is 3.58. The van der Waals surface area contributed by atoms with Gasteiger partial charge in [0.25, 0.3) is 0 Å². The van der Waals surface area contributed by atoms with Gasteiger partial charge in [-0.1, -0.05) is 87.4 Å². The minimum Gasteiger partial charge on any atom is -0.465 e. The maximum Gasteiger partial charge on any atom is 0.309 e. The van der Waals surface area contributed by atoms with Crippen LogP contribution in [0, 0.1) is 11.8 Å². The molecule has 2 fully saturated rings. The molecule has 0 saturated carbocycles. The summed E-state index contributed by atoms with van der Waals surface area (Å²) in [6, 6.07) is 20.6. The molecule has 0 bridgehead atoms. The Balaban J connectivity index is 1.24. The van der Waals surface area contributed by atoms with Crippen LogP contribution in [0.4, 0.5) is 0 Å². The van der Waals surface area contributed by atoms with Crippen molar-refractivity contribution in [1.29, 1.82) is 0 Å². The first-order valence-electron chi connectivity index (χ1n) is 14.1.